The number of nitrogens with zero attached hydrogens (tertiary/aromatic N) is 2. The Bertz CT molecular complexity index is 310. The first-order valence-electron chi connectivity index (χ1n) is 5.63. The van der Waals surface area contributed by atoms with Gasteiger partial charge in [-0.1, -0.05) is 0 Å². The highest BCUT2D eigenvalue weighted by Crippen LogP contribution is 2.54. The zero-order valence-electron chi connectivity index (χ0n) is 9.38. The molecule has 0 atom stereocenters. The van der Waals surface area contributed by atoms with Crippen LogP contribution < -0.4 is 0 Å². The van der Waals surface area contributed by atoms with E-state index in [0.717, 1.165) is 25.9 Å². The largest absolute Gasteiger partial charge is 0.306 e. The normalized spacial score (nSPS) is 29.2. The van der Waals surface area contributed by atoms with Gasteiger partial charge in [-0.2, -0.15) is 4.99 Å². The molecule has 0 bridgehead atoms. The molecule has 2 rings (SSSR count). The number of piperidine rings is 1. The second-order valence-corrected chi connectivity index (χ2v) is 5.09. The van der Waals surface area contributed by atoms with Crippen molar-refractivity contribution in [2.45, 2.75) is 37.1 Å². The van der Waals surface area contributed by atoms with Crippen LogP contribution >= 0.6 is 0 Å². The fourth-order valence-electron chi connectivity index (χ4n) is 2.94. The van der Waals surface area contributed by atoms with E-state index in [0.29, 0.717) is 0 Å². The van der Waals surface area contributed by atoms with E-state index in [1.807, 2.05) is 7.05 Å². The van der Waals surface area contributed by atoms with E-state index in [4.69, 9.17) is 0 Å². The fourth-order valence-corrected chi connectivity index (χ4v) is 2.94. The maximum atomic E-state index is 13.0. The van der Waals surface area contributed by atoms with Crippen LogP contribution in [-0.4, -0.2) is 42.6 Å². The van der Waals surface area contributed by atoms with Crippen molar-refractivity contribution < 1.29 is 13.6 Å². The number of rotatable bonds is 2. The standard InChI is InChI=1S/C11H16F2N2O/c1-15-4-2-9(3-5-15)10(14-8-16)6-11(12,13)7-10/h9H,2-7H2,1H3. The third kappa shape index (κ3) is 2.02. The summed E-state index contributed by atoms with van der Waals surface area (Å²) in [5, 5.41) is 0. The number of hydrogen-bond acceptors (Lipinski definition) is 3. The summed E-state index contributed by atoms with van der Waals surface area (Å²) in [6, 6.07) is 0. The second kappa shape index (κ2) is 3.90. The molecular formula is C11H16F2N2O. The van der Waals surface area contributed by atoms with Crippen molar-refractivity contribution in [1.29, 1.82) is 0 Å². The maximum absolute atomic E-state index is 13.0. The van der Waals surface area contributed by atoms with Gasteiger partial charge in [0.1, 0.15) is 0 Å². The molecule has 0 spiro atoms. The van der Waals surface area contributed by atoms with Gasteiger partial charge in [0.25, 0.3) is 5.92 Å². The van der Waals surface area contributed by atoms with Gasteiger partial charge in [0, 0.05) is 12.8 Å². The summed E-state index contributed by atoms with van der Waals surface area (Å²) in [5.74, 6) is -2.52. The lowest BCUT2D eigenvalue weighted by atomic mass is 9.63. The summed E-state index contributed by atoms with van der Waals surface area (Å²) in [5.41, 5.74) is -0.813. The number of carbonyl (C=O) groups excluding carboxylic acids is 1. The summed E-state index contributed by atoms with van der Waals surface area (Å²) in [7, 11) is 2.02. The van der Waals surface area contributed by atoms with Gasteiger partial charge in [0.15, 0.2) is 0 Å². The van der Waals surface area contributed by atoms with E-state index in [9.17, 15) is 13.6 Å². The first-order valence-corrected chi connectivity index (χ1v) is 5.63. The van der Waals surface area contributed by atoms with Crippen LogP contribution in [-0.2, 0) is 4.79 Å². The summed E-state index contributed by atoms with van der Waals surface area (Å²) in [4.78, 5) is 16.3. The quantitative estimate of drug-likeness (QED) is 0.535. The predicted octanol–water partition coefficient (Wildman–Crippen LogP) is 1.83. The van der Waals surface area contributed by atoms with Crippen LogP contribution in [0.5, 0.6) is 0 Å². The van der Waals surface area contributed by atoms with E-state index >= 15 is 0 Å². The Morgan fingerprint density at radius 2 is 1.88 bits per heavy atom. The molecule has 0 N–H and O–H groups in total. The number of aliphatic imine (C=N–C) groups is 1. The number of halogens is 2. The lowest BCUT2D eigenvalue weighted by Crippen LogP contribution is -2.57. The monoisotopic (exact) mass is 230 g/mol. The smallest absolute Gasteiger partial charge is 0.252 e. The van der Waals surface area contributed by atoms with E-state index in [2.05, 4.69) is 9.89 Å². The molecule has 1 aliphatic heterocycles. The third-order valence-electron chi connectivity index (χ3n) is 3.88. The molecule has 0 radical (unpaired) electrons. The molecular weight excluding hydrogens is 214 g/mol. The van der Waals surface area contributed by atoms with Crippen LogP contribution in [0.25, 0.3) is 0 Å². The molecule has 1 heterocycles. The van der Waals surface area contributed by atoms with Gasteiger partial charge < -0.3 is 4.90 Å². The molecule has 3 nitrogen and oxygen atoms in total. The minimum Gasteiger partial charge on any atom is -0.306 e. The van der Waals surface area contributed by atoms with Gasteiger partial charge in [-0.15, -0.1) is 0 Å². The van der Waals surface area contributed by atoms with Crippen molar-refractivity contribution in [3.8, 4) is 0 Å². The van der Waals surface area contributed by atoms with Gasteiger partial charge in [0.05, 0.1) is 5.54 Å². The van der Waals surface area contributed by atoms with E-state index in [1.165, 1.54) is 6.08 Å². The highest BCUT2D eigenvalue weighted by atomic mass is 19.3. The summed E-state index contributed by atoms with van der Waals surface area (Å²) < 4.78 is 26.0. The van der Waals surface area contributed by atoms with E-state index in [1.54, 1.807) is 0 Å². The molecule has 1 saturated heterocycles. The molecule has 0 unspecified atom stereocenters. The van der Waals surface area contributed by atoms with Crippen molar-refractivity contribution in [1.82, 2.24) is 4.90 Å². The SMILES string of the molecule is CN1CCC(C2(N=C=O)CC(F)(F)C2)CC1. The fraction of sp³-hybridized carbons (Fsp3) is 0.909. The highest BCUT2D eigenvalue weighted by Gasteiger charge is 2.60. The topological polar surface area (TPSA) is 32.7 Å². The summed E-state index contributed by atoms with van der Waals surface area (Å²) >= 11 is 0. The molecule has 2 aliphatic rings. The lowest BCUT2D eigenvalue weighted by Gasteiger charge is -2.50. The molecule has 90 valence electrons. The Labute approximate surface area is 93.5 Å². The number of isocyanates is 1. The highest BCUT2D eigenvalue weighted by molar-refractivity contribution is 5.36. The molecule has 2 fully saturated rings. The van der Waals surface area contributed by atoms with Gasteiger partial charge in [0.2, 0.25) is 6.08 Å². The van der Waals surface area contributed by atoms with Crippen LogP contribution in [0, 0.1) is 5.92 Å². The van der Waals surface area contributed by atoms with Gasteiger partial charge in [-0.3, -0.25) is 0 Å². The van der Waals surface area contributed by atoms with Crippen molar-refractivity contribution in [3.05, 3.63) is 0 Å². The number of hydrogen-bond donors (Lipinski definition) is 0. The van der Waals surface area contributed by atoms with Crippen molar-refractivity contribution in [3.63, 3.8) is 0 Å². The Morgan fingerprint density at radius 3 is 2.31 bits per heavy atom. The van der Waals surface area contributed by atoms with Crippen molar-refractivity contribution in [2.75, 3.05) is 20.1 Å². The van der Waals surface area contributed by atoms with Gasteiger partial charge in [-0.05, 0) is 38.9 Å². The minimum atomic E-state index is -2.64. The molecule has 1 aliphatic carbocycles. The summed E-state index contributed by atoms with van der Waals surface area (Å²) in [6.45, 7) is 1.79. The molecule has 0 aromatic heterocycles. The number of likely N-dealkylation sites (tertiary alicyclic amines) is 1. The average Bonchev–Trinajstić information content (AvgIpc) is 2.16. The molecule has 0 aromatic rings. The van der Waals surface area contributed by atoms with Crippen LogP contribution in [0.1, 0.15) is 25.7 Å². The molecule has 5 heteroatoms. The van der Waals surface area contributed by atoms with Crippen molar-refractivity contribution >= 4 is 6.08 Å². The van der Waals surface area contributed by atoms with Crippen molar-refractivity contribution in [2.24, 2.45) is 10.9 Å². The van der Waals surface area contributed by atoms with Gasteiger partial charge >= 0.3 is 0 Å². The number of alkyl halides is 2. The van der Waals surface area contributed by atoms with Crippen LogP contribution in [0.4, 0.5) is 8.78 Å². The summed E-state index contributed by atoms with van der Waals surface area (Å²) in [6.07, 6.45) is 2.63. The molecule has 1 saturated carbocycles. The average molecular weight is 230 g/mol. The Kier molecular flexibility index (Phi) is 2.84. The molecule has 16 heavy (non-hydrogen) atoms. The van der Waals surface area contributed by atoms with E-state index < -0.39 is 11.5 Å². The zero-order chi connectivity index (χ0) is 11.8. The van der Waals surface area contributed by atoms with Crippen LogP contribution in [0.2, 0.25) is 0 Å². The Hall–Kier alpha value is -0.800. The minimum absolute atomic E-state index is 0.116. The van der Waals surface area contributed by atoms with Crippen LogP contribution in [0.15, 0.2) is 4.99 Å². The zero-order valence-corrected chi connectivity index (χ0v) is 9.38. The van der Waals surface area contributed by atoms with Gasteiger partial charge in [-0.25, -0.2) is 13.6 Å². The first kappa shape index (κ1) is 11.7. The van der Waals surface area contributed by atoms with E-state index in [-0.39, 0.29) is 18.8 Å². The van der Waals surface area contributed by atoms with Crippen LogP contribution in [0.3, 0.4) is 0 Å². The molecule has 0 aromatic carbocycles. The maximum Gasteiger partial charge on any atom is 0.252 e. The lowest BCUT2D eigenvalue weighted by molar-refractivity contribution is -0.143. The second-order valence-electron chi connectivity index (χ2n) is 5.09. The predicted molar refractivity (Wildman–Crippen MR) is 55.3 cm³/mol. The molecule has 0 amide bonds. The first-order chi connectivity index (χ1) is 7.47. The Balaban J connectivity index is 2.07. The Morgan fingerprint density at radius 1 is 1.31 bits per heavy atom. The third-order valence-corrected chi connectivity index (χ3v) is 3.88.